The second-order valence-electron chi connectivity index (χ2n) is 12.8. The summed E-state index contributed by atoms with van der Waals surface area (Å²) in [6, 6.07) is 9.30. The molecule has 0 radical (unpaired) electrons. The van der Waals surface area contributed by atoms with Crippen LogP contribution in [0.15, 0.2) is 30.5 Å². The first-order valence-electron chi connectivity index (χ1n) is 14.3. The minimum Gasteiger partial charge on any atom is -0.465 e. The summed E-state index contributed by atoms with van der Waals surface area (Å²) in [4.78, 5) is 25.0. The molecule has 2 bridgehead atoms. The Bertz CT molecular complexity index is 1510. The minimum atomic E-state index is -1.17. The summed E-state index contributed by atoms with van der Waals surface area (Å²) >= 11 is 6.55. The van der Waals surface area contributed by atoms with E-state index in [4.69, 9.17) is 31.2 Å². The van der Waals surface area contributed by atoms with Crippen molar-refractivity contribution in [1.29, 1.82) is 0 Å². The van der Waals surface area contributed by atoms with E-state index in [2.05, 4.69) is 47.9 Å². The van der Waals surface area contributed by atoms with Gasteiger partial charge in [-0.2, -0.15) is 5.10 Å². The molecule has 0 saturated carbocycles. The molecule has 10 nitrogen and oxygen atoms in total. The average Bonchev–Trinajstić information content (AvgIpc) is 3.54. The molecule has 5 heterocycles. The summed E-state index contributed by atoms with van der Waals surface area (Å²) in [5, 5.41) is 14.8. The molecule has 2 saturated heterocycles. The molecule has 2 fully saturated rings. The smallest absolute Gasteiger partial charge is 0.407 e. The van der Waals surface area contributed by atoms with Gasteiger partial charge in [-0.25, -0.2) is 19.4 Å². The lowest BCUT2D eigenvalue weighted by atomic mass is 9.84. The number of carboxylic acid groups (broad SMARTS) is 1. The maximum Gasteiger partial charge on any atom is 0.407 e. The highest BCUT2D eigenvalue weighted by Gasteiger charge is 2.50. The SMILES string of the molecule is C[Si](C)(C)CCOCn1cc2c(n1)-c1ccccc1C21Cc2nc(Cl)nc(N3C[C@H]4CC[C@@H](C3)N4C(=O)O)c2CO1. The highest BCUT2D eigenvalue weighted by Crippen LogP contribution is 2.53. The van der Waals surface area contributed by atoms with E-state index in [1.807, 2.05) is 16.8 Å². The number of carbonyl (C=O) groups is 1. The van der Waals surface area contributed by atoms with Gasteiger partial charge in [-0.1, -0.05) is 43.9 Å². The van der Waals surface area contributed by atoms with Crippen LogP contribution in [0.1, 0.15) is 35.2 Å². The monoisotopic (exact) mass is 594 g/mol. The first-order chi connectivity index (χ1) is 19.6. The first kappa shape index (κ1) is 26.9. The minimum absolute atomic E-state index is 0.0467. The van der Waals surface area contributed by atoms with Crippen molar-refractivity contribution in [1.82, 2.24) is 24.6 Å². The second-order valence-corrected chi connectivity index (χ2v) is 18.8. The molecule has 41 heavy (non-hydrogen) atoms. The maximum atomic E-state index is 11.8. The Hall–Kier alpha value is -2.99. The molecule has 12 heteroatoms. The van der Waals surface area contributed by atoms with Crippen molar-refractivity contribution in [3.63, 3.8) is 0 Å². The van der Waals surface area contributed by atoms with Crippen LogP contribution in [0.2, 0.25) is 31.0 Å². The van der Waals surface area contributed by atoms with Gasteiger partial charge in [0.05, 0.1) is 30.1 Å². The Balaban J connectivity index is 1.20. The zero-order valence-corrected chi connectivity index (χ0v) is 25.4. The van der Waals surface area contributed by atoms with Gasteiger partial charge in [-0.05, 0) is 36.1 Å². The number of halogens is 1. The summed E-state index contributed by atoms with van der Waals surface area (Å²) in [7, 11) is -1.17. The van der Waals surface area contributed by atoms with Crippen molar-refractivity contribution >= 4 is 31.6 Å². The van der Waals surface area contributed by atoms with Crippen LogP contribution in [0.5, 0.6) is 0 Å². The molecule has 1 spiro atoms. The summed E-state index contributed by atoms with van der Waals surface area (Å²) in [5.41, 5.74) is 5.14. The Kier molecular flexibility index (Phi) is 6.42. The molecule has 1 N–H and O–H groups in total. The van der Waals surface area contributed by atoms with Crippen molar-refractivity contribution in [2.75, 3.05) is 24.6 Å². The number of amides is 1. The summed E-state index contributed by atoms with van der Waals surface area (Å²) in [6.07, 6.45) is 3.44. The van der Waals surface area contributed by atoms with Gasteiger partial charge < -0.3 is 19.5 Å². The molecule has 3 atom stereocenters. The third-order valence-electron chi connectivity index (χ3n) is 8.96. The molecule has 1 unspecified atom stereocenters. The van der Waals surface area contributed by atoms with E-state index in [1.54, 1.807) is 4.90 Å². The van der Waals surface area contributed by atoms with E-state index >= 15 is 0 Å². The number of rotatable bonds is 6. The predicted octanol–water partition coefficient (Wildman–Crippen LogP) is 4.97. The fourth-order valence-electron chi connectivity index (χ4n) is 6.97. The fourth-order valence-corrected chi connectivity index (χ4v) is 7.90. The lowest BCUT2D eigenvalue weighted by Crippen LogP contribution is -2.56. The number of benzene rings is 1. The molecule has 3 aliphatic heterocycles. The van der Waals surface area contributed by atoms with Crippen LogP contribution in [0.3, 0.4) is 0 Å². The predicted molar refractivity (Wildman–Crippen MR) is 157 cm³/mol. The molecule has 7 rings (SSSR count). The van der Waals surface area contributed by atoms with E-state index in [-0.39, 0.29) is 17.4 Å². The Labute approximate surface area is 245 Å². The lowest BCUT2D eigenvalue weighted by Gasteiger charge is -2.42. The van der Waals surface area contributed by atoms with Crippen LogP contribution in [-0.2, 0) is 34.8 Å². The number of anilines is 1. The largest absolute Gasteiger partial charge is 0.465 e. The zero-order chi connectivity index (χ0) is 28.5. The molecule has 1 amide bonds. The summed E-state index contributed by atoms with van der Waals surface area (Å²) < 4.78 is 14.7. The van der Waals surface area contributed by atoms with Crippen molar-refractivity contribution in [3.8, 4) is 11.3 Å². The van der Waals surface area contributed by atoms with Gasteiger partial charge in [0, 0.05) is 57.1 Å². The highest BCUT2D eigenvalue weighted by atomic mass is 35.5. The maximum absolute atomic E-state index is 11.8. The molecule has 3 aromatic rings. The molecule has 1 aromatic carbocycles. The number of hydrogen-bond donors (Lipinski definition) is 1. The van der Waals surface area contributed by atoms with Gasteiger partial charge in [-0.3, -0.25) is 4.90 Å². The molecular weight excluding hydrogens is 560 g/mol. The number of ether oxygens (including phenoxy) is 2. The fraction of sp³-hybridized carbons (Fsp3) is 0.517. The number of aromatic nitrogens is 4. The molecule has 216 valence electrons. The third-order valence-corrected chi connectivity index (χ3v) is 10.8. The molecule has 1 aliphatic carbocycles. The quantitative estimate of drug-likeness (QED) is 0.242. The Morgan fingerprint density at radius 3 is 2.66 bits per heavy atom. The number of piperazine rings is 1. The normalized spacial score (nSPS) is 24.5. The van der Waals surface area contributed by atoms with Crippen LogP contribution in [-0.4, -0.2) is 75.7 Å². The van der Waals surface area contributed by atoms with Crippen molar-refractivity contribution in [3.05, 3.63) is 58.1 Å². The Morgan fingerprint density at radius 2 is 1.93 bits per heavy atom. The van der Waals surface area contributed by atoms with Gasteiger partial charge >= 0.3 is 6.09 Å². The van der Waals surface area contributed by atoms with Crippen molar-refractivity contribution < 1.29 is 19.4 Å². The zero-order valence-electron chi connectivity index (χ0n) is 23.6. The van der Waals surface area contributed by atoms with Crippen LogP contribution in [0.25, 0.3) is 11.3 Å². The molecular formula is C29H35ClN6O4Si. The third kappa shape index (κ3) is 4.53. The van der Waals surface area contributed by atoms with E-state index in [1.165, 1.54) is 0 Å². The van der Waals surface area contributed by atoms with Crippen molar-refractivity contribution in [2.45, 2.75) is 76.0 Å². The Morgan fingerprint density at radius 1 is 1.17 bits per heavy atom. The van der Waals surface area contributed by atoms with Crippen LogP contribution < -0.4 is 4.90 Å². The van der Waals surface area contributed by atoms with Crippen LogP contribution >= 0.6 is 11.6 Å². The van der Waals surface area contributed by atoms with E-state index in [0.717, 1.165) is 65.0 Å². The summed E-state index contributed by atoms with van der Waals surface area (Å²) in [6.45, 7) is 9.66. The van der Waals surface area contributed by atoms with Gasteiger partial charge in [0.15, 0.2) is 0 Å². The van der Waals surface area contributed by atoms with Gasteiger partial charge in [-0.15, -0.1) is 0 Å². The molecule has 4 aliphatic rings. The summed E-state index contributed by atoms with van der Waals surface area (Å²) in [5.74, 6) is 0.759. The number of nitrogens with zero attached hydrogens (tertiary/aromatic N) is 6. The number of hydrogen-bond acceptors (Lipinski definition) is 7. The van der Waals surface area contributed by atoms with Gasteiger partial charge in [0.1, 0.15) is 18.1 Å². The standard InChI is InChI=1S/C29H35ClN6O4Si/c1-41(2,3)11-10-39-17-35-15-23-25(33-35)20-6-4-5-7-22(20)29(23)12-24-21(16-40-29)26(32-27(30)31-24)34-13-18-8-9-19(14-34)36(18)28(37)38/h4-7,15,18-19H,8-14,16-17H2,1-3H3,(H,37,38)/t18-,19+,29?. The number of fused-ring (bicyclic) bond motifs is 8. The second kappa shape index (κ2) is 9.79. The average molecular weight is 595 g/mol. The van der Waals surface area contributed by atoms with E-state index in [0.29, 0.717) is 32.8 Å². The van der Waals surface area contributed by atoms with Crippen LogP contribution in [0.4, 0.5) is 10.6 Å². The van der Waals surface area contributed by atoms with Crippen molar-refractivity contribution in [2.24, 2.45) is 0 Å². The topological polar surface area (TPSA) is 106 Å². The van der Waals surface area contributed by atoms with E-state index in [9.17, 15) is 9.90 Å². The van der Waals surface area contributed by atoms with Gasteiger partial charge in [0.25, 0.3) is 0 Å². The van der Waals surface area contributed by atoms with Crippen LogP contribution in [0, 0.1) is 0 Å². The van der Waals surface area contributed by atoms with Gasteiger partial charge in [0.2, 0.25) is 5.28 Å². The lowest BCUT2D eigenvalue weighted by molar-refractivity contribution is -0.0404. The first-order valence-corrected chi connectivity index (χ1v) is 18.4. The molecule has 2 aromatic heterocycles. The highest BCUT2D eigenvalue weighted by molar-refractivity contribution is 6.76. The van der Waals surface area contributed by atoms with E-state index < -0.39 is 19.8 Å².